The maximum absolute atomic E-state index is 13.8. The van der Waals surface area contributed by atoms with Crippen molar-refractivity contribution in [1.82, 2.24) is 0 Å². The molecule has 1 aromatic rings. The number of hydrogen-bond donors (Lipinski definition) is 1. The minimum absolute atomic E-state index is 0.0343. The second kappa shape index (κ2) is 6.31. The fraction of sp³-hybridized carbons (Fsp3) is 0.600. The second-order valence-corrected chi connectivity index (χ2v) is 6.33. The summed E-state index contributed by atoms with van der Waals surface area (Å²) in [5, 5.41) is 10.3. The minimum Gasteiger partial charge on any atom is -0.388 e. The van der Waals surface area contributed by atoms with E-state index in [0.717, 1.165) is 32.1 Å². The Bertz CT molecular complexity index is 419. The van der Waals surface area contributed by atoms with Gasteiger partial charge in [0.1, 0.15) is 11.6 Å². The first-order valence-corrected chi connectivity index (χ1v) is 7.64. The topological polar surface area (TPSA) is 20.2 Å². The summed E-state index contributed by atoms with van der Waals surface area (Å²) in [5.74, 6) is -0.676. The summed E-state index contributed by atoms with van der Waals surface area (Å²) in [5.41, 5.74) is -0.178. The zero-order valence-electron chi connectivity index (χ0n) is 11.0. The molecule has 19 heavy (non-hydrogen) atoms. The highest BCUT2D eigenvalue weighted by Gasteiger charge is 2.30. The largest absolute Gasteiger partial charge is 0.388 e. The van der Waals surface area contributed by atoms with Crippen molar-refractivity contribution in [3.05, 3.63) is 33.8 Å². The molecule has 1 nitrogen and oxygen atoms in total. The van der Waals surface area contributed by atoms with Gasteiger partial charge in [-0.2, -0.15) is 0 Å². The molecule has 0 aliphatic heterocycles. The van der Waals surface area contributed by atoms with Crippen molar-refractivity contribution in [3.8, 4) is 0 Å². The number of hydrogen-bond acceptors (Lipinski definition) is 1. The first kappa shape index (κ1) is 14.9. The van der Waals surface area contributed by atoms with E-state index >= 15 is 0 Å². The van der Waals surface area contributed by atoms with Gasteiger partial charge < -0.3 is 5.11 Å². The molecule has 0 saturated heterocycles. The van der Waals surface area contributed by atoms with Crippen LogP contribution in [0, 0.1) is 23.5 Å². The van der Waals surface area contributed by atoms with Crippen LogP contribution < -0.4 is 0 Å². The average molecular weight is 333 g/mol. The molecule has 1 fully saturated rings. The highest BCUT2D eigenvalue weighted by atomic mass is 79.9. The summed E-state index contributed by atoms with van der Waals surface area (Å²) >= 11 is 3.05. The van der Waals surface area contributed by atoms with Crippen LogP contribution in [0.1, 0.15) is 50.7 Å². The third kappa shape index (κ3) is 3.34. The minimum atomic E-state index is -1.04. The van der Waals surface area contributed by atoms with Crippen molar-refractivity contribution in [2.45, 2.75) is 45.1 Å². The number of aliphatic hydroxyl groups is 1. The monoisotopic (exact) mass is 332 g/mol. The third-order valence-electron chi connectivity index (χ3n) is 4.25. The molecule has 0 amide bonds. The SMILES string of the molecule is CCC1CCC(C(O)c2c(F)cc(Br)cc2F)CC1. The van der Waals surface area contributed by atoms with Gasteiger partial charge in [-0.05, 0) is 36.8 Å². The van der Waals surface area contributed by atoms with Gasteiger partial charge in [0.25, 0.3) is 0 Å². The summed E-state index contributed by atoms with van der Waals surface area (Å²) in [6, 6.07) is 2.42. The standard InChI is InChI=1S/C15H19BrF2O/c1-2-9-3-5-10(6-4-9)15(19)14-12(17)7-11(16)8-13(14)18/h7-10,15,19H,2-6H2,1H3. The van der Waals surface area contributed by atoms with E-state index in [4.69, 9.17) is 0 Å². The fourth-order valence-corrected chi connectivity index (χ4v) is 3.39. The van der Waals surface area contributed by atoms with Crippen LogP contribution in [0.15, 0.2) is 16.6 Å². The van der Waals surface area contributed by atoms with E-state index in [1.165, 1.54) is 12.1 Å². The van der Waals surface area contributed by atoms with Gasteiger partial charge in [0.05, 0.1) is 11.7 Å². The predicted octanol–water partition coefficient (Wildman–Crippen LogP) is 4.98. The number of aliphatic hydroxyl groups excluding tert-OH is 1. The van der Waals surface area contributed by atoms with E-state index in [1.54, 1.807) is 0 Å². The molecule has 2 rings (SSSR count). The normalized spacial score (nSPS) is 25.3. The van der Waals surface area contributed by atoms with Gasteiger partial charge in [-0.1, -0.05) is 42.1 Å². The molecule has 1 saturated carbocycles. The van der Waals surface area contributed by atoms with Gasteiger partial charge in [0.2, 0.25) is 0 Å². The Morgan fingerprint density at radius 3 is 2.21 bits per heavy atom. The van der Waals surface area contributed by atoms with Crippen LogP contribution in [-0.4, -0.2) is 5.11 Å². The van der Waals surface area contributed by atoms with Crippen LogP contribution in [0.4, 0.5) is 8.78 Å². The Kier molecular flexibility index (Phi) is 4.96. The van der Waals surface area contributed by atoms with Crippen molar-refractivity contribution in [1.29, 1.82) is 0 Å². The van der Waals surface area contributed by atoms with Crippen LogP contribution >= 0.6 is 15.9 Å². The van der Waals surface area contributed by atoms with E-state index in [0.29, 0.717) is 10.4 Å². The molecule has 0 aromatic heterocycles. The van der Waals surface area contributed by atoms with Crippen LogP contribution in [0.3, 0.4) is 0 Å². The lowest BCUT2D eigenvalue weighted by Crippen LogP contribution is -2.21. The predicted molar refractivity (Wildman–Crippen MR) is 74.8 cm³/mol. The van der Waals surface area contributed by atoms with E-state index < -0.39 is 17.7 Å². The van der Waals surface area contributed by atoms with E-state index in [9.17, 15) is 13.9 Å². The molecule has 4 heteroatoms. The molecule has 0 spiro atoms. The van der Waals surface area contributed by atoms with Gasteiger partial charge >= 0.3 is 0 Å². The van der Waals surface area contributed by atoms with Crippen LogP contribution in [-0.2, 0) is 0 Å². The molecule has 1 atom stereocenters. The second-order valence-electron chi connectivity index (χ2n) is 5.42. The Labute approximate surface area is 121 Å². The van der Waals surface area contributed by atoms with Gasteiger partial charge in [-0.25, -0.2) is 8.78 Å². The van der Waals surface area contributed by atoms with Gasteiger partial charge in [-0.15, -0.1) is 0 Å². The summed E-state index contributed by atoms with van der Waals surface area (Å²) < 4.78 is 28.0. The number of benzene rings is 1. The van der Waals surface area contributed by atoms with Gasteiger partial charge in [-0.3, -0.25) is 0 Å². The molecule has 1 aliphatic carbocycles. The fourth-order valence-electron chi connectivity index (χ4n) is 2.98. The van der Waals surface area contributed by atoms with Crippen molar-refractivity contribution in [2.24, 2.45) is 11.8 Å². The Hall–Kier alpha value is -0.480. The molecule has 0 radical (unpaired) electrons. The Morgan fingerprint density at radius 2 is 1.74 bits per heavy atom. The van der Waals surface area contributed by atoms with Crippen molar-refractivity contribution in [3.63, 3.8) is 0 Å². The molecule has 0 bridgehead atoms. The van der Waals surface area contributed by atoms with Crippen LogP contribution in [0.5, 0.6) is 0 Å². The average Bonchev–Trinajstić information content (AvgIpc) is 2.37. The lowest BCUT2D eigenvalue weighted by molar-refractivity contribution is 0.0669. The molecular formula is C15H19BrF2O. The Morgan fingerprint density at radius 1 is 1.21 bits per heavy atom. The van der Waals surface area contributed by atoms with Crippen LogP contribution in [0.25, 0.3) is 0 Å². The van der Waals surface area contributed by atoms with Gasteiger partial charge in [0, 0.05) is 4.47 Å². The summed E-state index contributed by atoms with van der Waals surface area (Å²) in [7, 11) is 0. The molecule has 1 aliphatic rings. The quantitative estimate of drug-likeness (QED) is 0.827. The zero-order chi connectivity index (χ0) is 14.0. The summed E-state index contributed by atoms with van der Waals surface area (Å²) in [6.07, 6.45) is 3.87. The summed E-state index contributed by atoms with van der Waals surface area (Å²) in [4.78, 5) is 0. The lowest BCUT2D eigenvalue weighted by Gasteiger charge is -2.31. The van der Waals surface area contributed by atoms with E-state index in [1.807, 2.05) is 0 Å². The van der Waals surface area contributed by atoms with Crippen LogP contribution in [0.2, 0.25) is 0 Å². The molecular weight excluding hydrogens is 314 g/mol. The first-order chi connectivity index (χ1) is 9.02. The lowest BCUT2D eigenvalue weighted by atomic mass is 9.77. The van der Waals surface area contributed by atoms with Crippen molar-refractivity contribution < 1.29 is 13.9 Å². The van der Waals surface area contributed by atoms with Crippen molar-refractivity contribution in [2.75, 3.05) is 0 Å². The number of halogens is 3. The molecule has 1 N–H and O–H groups in total. The molecule has 0 heterocycles. The maximum Gasteiger partial charge on any atom is 0.133 e. The summed E-state index contributed by atoms with van der Waals surface area (Å²) in [6.45, 7) is 2.16. The Balaban J connectivity index is 2.14. The third-order valence-corrected chi connectivity index (χ3v) is 4.71. The highest BCUT2D eigenvalue weighted by Crippen LogP contribution is 2.39. The molecule has 106 valence electrons. The van der Waals surface area contributed by atoms with E-state index in [2.05, 4.69) is 22.9 Å². The molecule has 1 unspecified atom stereocenters. The first-order valence-electron chi connectivity index (χ1n) is 6.85. The van der Waals surface area contributed by atoms with Crippen molar-refractivity contribution >= 4 is 15.9 Å². The van der Waals surface area contributed by atoms with E-state index in [-0.39, 0.29) is 11.5 Å². The zero-order valence-corrected chi connectivity index (χ0v) is 12.6. The van der Waals surface area contributed by atoms with Gasteiger partial charge in [0.15, 0.2) is 0 Å². The molecule has 1 aromatic carbocycles. The number of rotatable bonds is 3. The maximum atomic E-state index is 13.8. The highest BCUT2D eigenvalue weighted by molar-refractivity contribution is 9.10. The smallest absolute Gasteiger partial charge is 0.133 e.